The normalized spacial score (nSPS) is 11.3. The number of benzene rings is 4. The highest BCUT2D eigenvalue weighted by Crippen LogP contribution is 2.37. The summed E-state index contributed by atoms with van der Waals surface area (Å²) in [5, 5.41) is 0. The molecule has 0 aliphatic rings. The molecule has 4 aromatic rings. The molecule has 4 rings (SSSR count). The van der Waals surface area contributed by atoms with Gasteiger partial charge in [0.25, 0.3) is 0 Å². The molecular weight excluding hydrogens is 648 g/mol. The van der Waals surface area contributed by atoms with Gasteiger partial charge in [0.1, 0.15) is 12.2 Å². The monoisotopic (exact) mass is 662 g/mol. The third-order valence-electron chi connectivity index (χ3n) is 4.96. The summed E-state index contributed by atoms with van der Waals surface area (Å²) in [6, 6.07) is 33.3. The fourth-order valence-corrected chi connectivity index (χ4v) is 4.44. The highest BCUT2D eigenvalue weighted by Gasteiger charge is 2.23. The van der Waals surface area contributed by atoms with Crippen LogP contribution in [-0.4, -0.2) is 0 Å². The molecule has 0 N–H and O–H groups in total. The molecular formula is C26H18Br4O. The Morgan fingerprint density at radius 2 is 0.548 bits per heavy atom. The zero-order chi connectivity index (χ0) is 21.8. The van der Waals surface area contributed by atoms with Gasteiger partial charge < -0.3 is 4.74 Å². The van der Waals surface area contributed by atoms with Crippen molar-refractivity contribution < 1.29 is 4.74 Å². The van der Waals surface area contributed by atoms with Crippen LogP contribution in [-0.2, 0) is 4.74 Å². The topological polar surface area (TPSA) is 9.23 Å². The molecule has 31 heavy (non-hydrogen) atoms. The van der Waals surface area contributed by atoms with Crippen molar-refractivity contribution in [2.75, 3.05) is 0 Å². The summed E-state index contributed by atoms with van der Waals surface area (Å²) < 4.78 is 11.1. The maximum atomic E-state index is 6.89. The lowest BCUT2D eigenvalue weighted by Crippen LogP contribution is -2.13. The highest BCUT2D eigenvalue weighted by molar-refractivity contribution is 9.11. The molecule has 156 valence electrons. The van der Waals surface area contributed by atoms with E-state index in [0.29, 0.717) is 0 Å². The lowest BCUT2D eigenvalue weighted by atomic mass is 9.98. The van der Waals surface area contributed by atoms with Crippen molar-refractivity contribution in [3.8, 4) is 0 Å². The molecule has 4 aromatic carbocycles. The zero-order valence-electron chi connectivity index (χ0n) is 16.3. The number of hydrogen-bond acceptors (Lipinski definition) is 1. The molecule has 5 heteroatoms. The molecule has 0 saturated carbocycles. The van der Waals surface area contributed by atoms with Crippen molar-refractivity contribution in [1.82, 2.24) is 0 Å². The molecule has 0 aliphatic heterocycles. The second-order valence-corrected chi connectivity index (χ2v) is 10.8. The Morgan fingerprint density at radius 3 is 0.742 bits per heavy atom. The fourth-order valence-electron chi connectivity index (χ4n) is 3.39. The summed E-state index contributed by atoms with van der Waals surface area (Å²) in [5.41, 5.74) is 4.41. The zero-order valence-corrected chi connectivity index (χ0v) is 22.7. The predicted octanol–water partition coefficient (Wildman–Crippen LogP) is 9.63. The molecule has 0 radical (unpaired) electrons. The summed E-state index contributed by atoms with van der Waals surface area (Å²) in [5.74, 6) is 0. The van der Waals surface area contributed by atoms with E-state index >= 15 is 0 Å². The smallest absolute Gasteiger partial charge is 0.109 e. The van der Waals surface area contributed by atoms with Crippen LogP contribution in [0.1, 0.15) is 34.5 Å². The lowest BCUT2D eigenvalue weighted by molar-refractivity contribution is 0.0308. The van der Waals surface area contributed by atoms with Crippen molar-refractivity contribution in [2.45, 2.75) is 12.2 Å². The van der Waals surface area contributed by atoms with Crippen LogP contribution in [0.2, 0.25) is 0 Å². The molecule has 0 aliphatic carbocycles. The molecule has 0 aromatic heterocycles. The van der Waals surface area contributed by atoms with E-state index in [-0.39, 0.29) is 12.2 Å². The minimum Gasteiger partial charge on any atom is -0.356 e. The van der Waals surface area contributed by atoms with Gasteiger partial charge in [-0.25, -0.2) is 0 Å². The van der Waals surface area contributed by atoms with E-state index < -0.39 is 0 Å². The van der Waals surface area contributed by atoms with Crippen LogP contribution >= 0.6 is 63.7 Å². The Morgan fingerprint density at radius 1 is 0.355 bits per heavy atom. The first kappa shape index (κ1) is 22.9. The van der Waals surface area contributed by atoms with E-state index in [1.54, 1.807) is 0 Å². The van der Waals surface area contributed by atoms with Gasteiger partial charge in [-0.3, -0.25) is 0 Å². The van der Waals surface area contributed by atoms with E-state index in [1.807, 2.05) is 0 Å². The van der Waals surface area contributed by atoms with E-state index in [4.69, 9.17) is 4.74 Å². The van der Waals surface area contributed by atoms with Gasteiger partial charge >= 0.3 is 0 Å². The van der Waals surface area contributed by atoms with Gasteiger partial charge in [0, 0.05) is 17.9 Å². The van der Waals surface area contributed by atoms with Gasteiger partial charge in [0.15, 0.2) is 0 Å². The van der Waals surface area contributed by atoms with Gasteiger partial charge in [-0.05, 0) is 70.8 Å². The lowest BCUT2D eigenvalue weighted by Gasteiger charge is -2.27. The third-order valence-corrected chi connectivity index (χ3v) is 7.08. The standard InChI is InChI=1S/C26H18Br4O/c27-21-9-1-17(2-10-21)25(18-3-11-22(28)12-4-18)31-26(19-5-13-23(29)14-6-19)20-7-15-24(30)16-8-20/h1-16,25-26H. The average molecular weight is 666 g/mol. The van der Waals surface area contributed by atoms with Gasteiger partial charge in [0.05, 0.1) is 0 Å². The predicted molar refractivity (Wildman–Crippen MR) is 141 cm³/mol. The summed E-state index contributed by atoms with van der Waals surface area (Å²) >= 11 is 14.2. The van der Waals surface area contributed by atoms with Crippen molar-refractivity contribution in [3.05, 3.63) is 137 Å². The Bertz CT molecular complexity index is 938. The summed E-state index contributed by atoms with van der Waals surface area (Å²) in [6.07, 6.45) is -0.447. The SMILES string of the molecule is Brc1ccc(C(OC(c2ccc(Br)cc2)c2ccc(Br)cc2)c2ccc(Br)cc2)cc1. The number of halogens is 4. The second-order valence-electron chi connectivity index (χ2n) is 7.10. The van der Waals surface area contributed by atoms with Crippen LogP contribution in [0.4, 0.5) is 0 Å². The van der Waals surface area contributed by atoms with Crippen LogP contribution in [0.15, 0.2) is 115 Å². The second kappa shape index (κ2) is 10.6. The fraction of sp³-hybridized carbons (Fsp3) is 0.0769. The maximum absolute atomic E-state index is 6.89. The first-order valence-corrected chi connectivity index (χ1v) is 12.8. The first-order valence-electron chi connectivity index (χ1n) is 9.67. The molecule has 0 bridgehead atoms. The molecule has 0 fully saturated rings. The van der Waals surface area contributed by atoms with Crippen molar-refractivity contribution in [2.24, 2.45) is 0 Å². The number of rotatable bonds is 6. The molecule has 0 amide bonds. The molecule has 0 atom stereocenters. The van der Waals surface area contributed by atoms with Crippen molar-refractivity contribution in [1.29, 1.82) is 0 Å². The number of hydrogen-bond donors (Lipinski definition) is 0. The van der Waals surface area contributed by atoms with Crippen molar-refractivity contribution >= 4 is 63.7 Å². The summed E-state index contributed by atoms with van der Waals surface area (Å²) in [7, 11) is 0. The molecule has 0 unspecified atom stereocenters. The molecule has 0 saturated heterocycles. The van der Waals surface area contributed by atoms with E-state index in [1.165, 1.54) is 0 Å². The first-order chi connectivity index (χ1) is 15.0. The van der Waals surface area contributed by atoms with Crippen LogP contribution in [0.5, 0.6) is 0 Å². The Balaban J connectivity index is 1.79. The molecule has 0 heterocycles. The quantitative estimate of drug-likeness (QED) is 0.199. The minimum absolute atomic E-state index is 0.224. The third kappa shape index (κ3) is 5.96. The highest BCUT2D eigenvalue weighted by atomic mass is 79.9. The van der Waals surface area contributed by atoms with Crippen LogP contribution < -0.4 is 0 Å². The average Bonchev–Trinajstić information content (AvgIpc) is 2.78. The van der Waals surface area contributed by atoms with Crippen LogP contribution in [0.3, 0.4) is 0 Å². The van der Waals surface area contributed by atoms with E-state index in [0.717, 1.165) is 40.1 Å². The van der Waals surface area contributed by atoms with E-state index in [9.17, 15) is 0 Å². The van der Waals surface area contributed by atoms with Gasteiger partial charge in [-0.2, -0.15) is 0 Å². The summed E-state index contributed by atoms with van der Waals surface area (Å²) in [4.78, 5) is 0. The van der Waals surface area contributed by atoms with Gasteiger partial charge in [-0.15, -0.1) is 0 Å². The van der Waals surface area contributed by atoms with Crippen molar-refractivity contribution in [3.63, 3.8) is 0 Å². The molecule has 1 nitrogen and oxygen atoms in total. The van der Waals surface area contributed by atoms with Crippen LogP contribution in [0.25, 0.3) is 0 Å². The summed E-state index contributed by atoms with van der Waals surface area (Å²) in [6.45, 7) is 0. The number of ether oxygens (including phenoxy) is 1. The van der Waals surface area contributed by atoms with Crippen LogP contribution in [0, 0.1) is 0 Å². The Labute approximate surface area is 216 Å². The Hall–Kier alpha value is -1.24. The van der Waals surface area contributed by atoms with Gasteiger partial charge in [-0.1, -0.05) is 112 Å². The largest absolute Gasteiger partial charge is 0.356 e. The minimum atomic E-state index is -0.224. The Kier molecular flexibility index (Phi) is 7.83. The van der Waals surface area contributed by atoms with Gasteiger partial charge in [0.2, 0.25) is 0 Å². The molecule has 0 spiro atoms. The maximum Gasteiger partial charge on any atom is 0.109 e. The van der Waals surface area contributed by atoms with E-state index in [2.05, 4.69) is 161 Å².